The van der Waals surface area contributed by atoms with E-state index in [2.05, 4.69) is 47.6 Å². The van der Waals surface area contributed by atoms with Crippen LogP contribution in [0.25, 0.3) is 33.5 Å². The molecule has 1 aliphatic heterocycles. The van der Waals surface area contributed by atoms with Crippen LogP contribution >= 0.6 is 0 Å². The first-order valence-corrected chi connectivity index (χ1v) is 12.8. The molecule has 0 N–H and O–H groups in total. The quantitative estimate of drug-likeness (QED) is 0.362. The second-order valence-corrected chi connectivity index (χ2v) is 10.9. The van der Waals surface area contributed by atoms with Gasteiger partial charge in [-0.25, -0.2) is 4.98 Å². The van der Waals surface area contributed by atoms with Crippen molar-refractivity contribution >= 4 is 27.9 Å². The van der Waals surface area contributed by atoms with Crippen LogP contribution in [-0.2, 0) is 6.54 Å². The van der Waals surface area contributed by atoms with E-state index in [1.165, 1.54) is 19.3 Å². The molecule has 0 radical (unpaired) electrons. The van der Waals surface area contributed by atoms with E-state index in [-0.39, 0.29) is 5.91 Å². The van der Waals surface area contributed by atoms with Crippen LogP contribution in [0.5, 0.6) is 0 Å². The van der Waals surface area contributed by atoms with E-state index < -0.39 is 0 Å². The van der Waals surface area contributed by atoms with Crippen molar-refractivity contribution in [1.29, 1.82) is 0 Å². The van der Waals surface area contributed by atoms with E-state index in [1.54, 1.807) is 0 Å². The van der Waals surface area contributed by atoms with Gasteiger partial charge in [0.05, 0.1) is 5.69 Å². The van der Waals surface area contributed by atoms with E-state index in [0.717, 1.165) is 75.7 Å². The summed E-state index contributed by atoms with van der Waals surface area (Å²) in [6.07, 6.45) is 4.97. The van der Waals surface area contributed by atoms with Gasteiger partial charge in [0.1, 0.15) is 11.2 Å². The molecule has 3 fully saturated rings. The van der Waals surface area contributed by atoms with Crippen LogP contribution in [0, 0.1) is 31.6 Å². The number of nitrogens with zero attached hydrogens (tertiary/aromatic N) is 3. The van der Waals surface area contributed by atoms with E-state index in [4.69, 9.17) is 9.40 Å². The van der Waals surface area contributed by atoms with Crippen LogP contribution in [-0.4, -0.2) is 32.9 Å². The van der Waals surface area contributed by atoms with E-state index in [1.807, 2.05) is 19.1 Å². The first-order chi connectivity index (χ1) is 16.5. The van der Waals surface area contributed by atoms with Gasteiger partial charge in [0.15, 0.2) is 5.76 Å². The van der Waals surface area contributed by atoms with Crippen LogP contribution in [0.15, 0.2) is 40.8 Å². The Morgan fingerprint density at radius 1 is 1.09 bits per heavy atom. The molecule has 3 atom stereocenters. The maximum atomic E-state index is 13.4. The van der Waals surface area contributed by atoms with Crippen molar-refractivity contribution in [2.45, 2.75) is 59.0 Å². The van der Waals surface area contributed by atoms with Crippen molar-refractivity contribution in [3.05, 3.63) is 53.2 Å². The molecule has 174 valence electrons. The second kappa shape index (κ2) is 7.21. The third-order valence-electron chi connectivity index (χ3n) is 8.71. The number of rotatable bonds is 4. The van der Waals surface area contributed by atoms with Crippen molar-refractivity contribution in [3.63, 3.8) is 0 Å². The highest BCUT2D eigenvalue weighted by molar-refractivity contribution is 5.99. The lowest BCUT2D eigenvalue weighted by molar-refractivity contribution is 0.0696. The Labute approximate surface area is 199 Å². The molecule has 4 aromatic rings. The molecule has 34 heavy (non-hydrogen) atoms. The number of pyridine rings is 1. The predicted octanol–water partition coefficient (Wildman–Crippen LogP) is 6.35. The number of carbonyl (C=O) groups is 1. The SMILES string of the molecule is Cc1ccc2cc(-c3oc4cc(C(=O)N5CC6CCC5[C@@H]6C)ccc4c3C)n(CC3CC3)c2n1. The topological polar surface area (TPSA) is 51.3 Å². The van der Waals surface area contributed by atoms with Crippen molar-refractivity contribution in [2.75, 3.05) is 6.54 Å². The first kappa shape index (κ1) is 20.3. The summed E-state index contributed by atoms with van der Waals surface area (Å²) in [4.78, 5) is 20.4. The van der Waals surface area contributed by atoms with Crippen molar-refractivity contribution in [3.8, 4) is 11.5 Å². The lowest BCUT2D eigenvalue weighted by Gasteiger charge is -2.27. The first-order valence-electron chi connectivity index (χ1n) is 12.8. The molecule has 5 heteroatoms. The number of aryl methyl sites for hydroxylation is 2. The molecule has 1 amide bonds. The predicted molar refractivity (Wildman–Crippen MR) is 134 cm³/mol. The maximum absolute atomic E-state index is 13.4. The number of fused-ring (bicyclic) bond motifs is 4. The normalized spacial score (nSPS) is 24.1. The summed E-state index contributed by atoms with van der Waals surface area (Å²) in [5.41, 5.74) is 5.82. The minimum atomic E-state index is 0.152. The number of hydrogen-bond acceptors (Lipinski definition) is 3. The van der Waals surface area contributed by atoms with Gasteiger partial charge < -0.3 is 13.9 Å². The molecule has 0 spiro atoms. The van der Waals surface area contributed by atoms with Crippen LogP contribution in [0.1, 0.15) is 54.2 Å². The second-order valence-electron chi connectivity index (χ2n) is 10.9. The van der Waals surface area contributed by atoms with Gasteiger partial charge in [0.2, 0.25) is 0 Å². The van der Waals surface area contributed by atoms with Gasteiger partial charge in [0, 0.05) is 46.7 Å². The average Bonchev–Trinajstić information content (AvgIpc) is 3.26. The Morgan fingerprint density at radius 3 is 2.68 bits per heavy atom. The zero-order chi connectivity index (χ0) is 23.1. The third kappa shape index (κ3) is 2.98. The van der Waals surface area contributed by atoms with Crippen molar-refractivity contribution < 1.29 is 9.21 Å². The van der Waals surface area contributed by atoms with Gasteiger partial charge in [-0.1, -0.05) is 13.0 Å². The molecule has 1 saturated heterocycles. The molecular weight excluding hydrogens is 422 g/mol. The van der Waals surface area contributed by atoms with E-state index in [9.17, 15) is 4.79 Å². The van der Waals surface area contributed by atoms with Gasteiger partial charge in [-0.15, -0.1) is 0 Å². The van der Waals surface area contributed by atoms with E-state index >= 15 is 0 Å². The molecule has 2 saturated carbocycles. The molecule has 2 aliphatic carbocycles. The molecule has 2 unspecified atom stereocenters. The minimum absolute atomic E-state index is 0.152. The highest BCUT2D eigenvalue weighted by Gasteiger charge is 2.46. The number of benzene rings is 1. The highest BCUT2D eigenvalue weighted by atomic mass is 16.3. The van der Waals surface area contributed by atoms with Crippen LogP contribution in [0.2, 0.25) is 0 Å². The number of furan rings is 1. The number of amides is 1. The maximum Gasteiger partial charge on any atom is 0.254 e. The Bertz CT molecular complexity index is 1460. The Balaban J connectivity index is 1.30. The lowest BCUT2D eigenvalue weighted by atomic mass is 10.0. The summed E-state index contributed by atoms with van der Waals surface area (Å²) in [7, 11) is 0. The molecule has 2 bridgehead atoms. The monoisotopic (exact) mass is 453 g/mol. The molecule has 3 aliphatic rings. The van der Waals surface area contributed by atoms with Gasteiger partial charge in [0.25, 0.3) is 5.91 Å². The average molecular weight is 454 g/mol. The highest BCUT2D eigenvalue weighted by Crippen LogP contribution is 2.43. The number of carbonyl (C=O) groups excluding carboxylic acids is 1. The van der Waals surface area contributed by atoms with Crippen molar-refractivity contribution in [2.24, 2.45) is 17.8 Å². The Hall–Kier alpha value is -3.08. The summed E-state index contributed by atoms with van der Waals surface area (Å²) >= 11 is 0. The standard InChI is InChI=1S/C29H31N3O2/c1-16-4-7-20-12-25(31(28(20)30-16)14-19-5-6-19)27-18(3)23-10-8-21(13-26(23)34-27)29(33)32-15-22-9-11-24(32)17(22)2/h4,7-8,10,12-13,17,19,22,24H,5-6,9,11,14-15H2,1-3H3/t17-,22?,24?/m1/s1. The van der Waals surface area contributed by atoms with Gasteiger partial charge in [-0.3, -0.25) is 4.79 Å². The number of aromatic nitrogens is 2. The van der Waals surface area contributed by atoms with Crippen molar-refractivity contribution in [1.82, 2.24) is 14.5 Å². The fraction of sp³-hybridized carbons (Fsp3) is 0.448. The minimum Gasteiger partial charge on any atom is -0.454 e. The summed E-state index contributed by atoms with van der Waals surface area (Å²) in [5, 5.41) is 2.23. The number of piperidine rings is 1. The smallest absolute Gasteiger partial charge is 0.254 e. The van der Waals surface area contributed by atoms with Gasteiger partial charge >= 0.3 is 0 Å². The van der Waals surface area contributed by atoms with Crippen LogP contribution in [0.4, 0.5) is 0 Å². The fourth-order valence-electron chi connectivity index (χ4n) is 6.47. The molecule has 7 rings (SSSR count). The lowest BCUT2D eigenvalue weighted by Crippen LogP contribution is -2.38. The summed E-state index contributed by atoms with van der Waals surface area (Å²) in [6.45, 7) is 8.36. The number of likely N-dealkylation sites (tertiary alicyclic amines) is 1. The molecule has 5 nitrogen and oxygen atoms in total. The Morgan fingerprint density at radius 2 is 1.94 bits per heavy atom. The summed E-state index contributed by atoms with van der Waals surface area (Å²) in [5.74, 6) is 3.06. The molecule has 3 aromatic heterocycles. The largest absolute Gasteiger partial charge is 0.454 e. The third-order valence-corrected chi connectivity index (χ3v) is 8.71. The zero-order valence-corrected chi connectivity index (χ0v) is 20.2. The van der Waals surface area contributed by atoms with Crippen LogP contribution in [0.3, 0.4) is 0 Å². The number of hydrogen-bond donors (Lipinski definition) is 0. The van der Waals surface area contributed by atoms with Gasteiger partial charge in [-0.2, -0.15) is 0 Å². The molecule has 4 heterocycles. The van der Waals surface area contributed by atoms with Crippen LogP contribution < -0.4 is 0 Å². The zero-order valence-electron chi connectivity index (χ0n) is 20.2. The van der Waals surface area contributed by atoms with E-state index in [0.29, 0.717) is 17.9 Å². The fourth-order valence-corrected chi connectivity index (χ4v) is 6.47. The molecule has 1 aromatic carbocycles. The Kier molecular flexibility index (Phi) is 4.31. The van der Waals surface area contributed by atoms with Gasteiger partial charge in [-0.05, 0) is 87.6 Å². The summed E-state index contributed by atoms with van der Waals surface area (Å²) < 4.78 is 8.85. The molecular formula is C29H31N3O2. The summed E-state index contributed by atoms with van der Waals surface area (Å²) in [6, 6.07) is 12.9.